The third kappa shape index (κ3) is 2.72. The first-order valence-corrected chi connectivity index (χ1v) is 7.13. The van der Waals surface area contributed by atoms with Crippen molar-refractivity contribution in [1.82, 2.24) is 15.3 Å². The quantitative estimate of drug-likeness (QED) is 0.938. The molecule has 0 spiro atoms. The molecule has 1 amide bonds. The molecule has 5 nitrogen and oxygen atoms in total. The topological polar surface area (TPSA) is 58.1 Å². The Balaban J connectivity index is 1.81. The Morgan fingerprint density at radius 2 is 1.95 bits per heavy atom. The van der Waals surface area contributed by atoms with Crippen LogP contribution in [-0.4, -0.2) is 28.5 Å². The largest absolute Gasteiger partial charge is 0.350 e. The van der Waals surface area contributed by atoms with Crippen LogP contribution in [0.15, 0.2) is 36.7 Å². The number of aromatic nitrogens is 2. The van der Waals surface area contributed by atoms with Gasteiger partial charge in [-0.1, -0.05) is 18.2 Å². The molecule has 108 valence electrons. The van der Waals surface area contributed by atoms with Gasteiger partial charge in [0.1, 0.15) is 0 Å². The van der Waals surface area contributed by atoms with Crippen LogP contribution in [0, 0.1) is 0 Å². The van der Waals surface area contributed by atoms with Crippen LogP contribution in [0.1, 0.15) is 29.8 Å². The zero-order valence-corrected chi connectivity index (χ0v) is 12.2. The highest BCUT2D eigenvalue weighted by atomic mass is 16.1. The Labute approximate surface area is 124 Å². The maximum Gasteiger partial charge on any atom is 0.254 e. The molecule has 0 fully saturated rings. The van der Waals surface area contributed by atoms with Gasteiger partial charge in [-0.05, 0) is 31.9 Å². The predicted molar refractivity (Wildman–Crippen MR) is 81.8 cm³/mol. The Hall–Kier alpha value is -2.43. The van der Waals surface area contributed by atoms with Crippen LogP contribution in [-0.2, 0) is 6.42 Å². The van der Waals surface area contributed by atoms with Crippen molar-refractivity contribution in [2.75, 3.05) is 11.4 Å². The summed E-state index contributed by atoms with van der Waals surface area (Å²) < 4.78 is 0. The van der Waals surface area contributed by atoms with Gasteiger partial charge in [-0.3, -0.25) is 4.79 Å². The maximum atomic E-state index is 11.9. The first-order chi connectivity index (χ1) is 10.1. The van der Waals surface area contributed by atoms with Gasteiger partial charge in [0.05, 0.1) is 5.56 Å². The number of carbonyl (C=O) groups excluding carboxylic acids is 1. The first-order valence-electron chi connectivity index (χ1n) is 7.13. The van der Waals surface area contributed by atoms with Gasteiger partial charge >= 0.3 is 0 Å². The number of rotatable bonds is 3. The van der Waals surface area contributed by atoms with E-state index in [1.54, 1.807) is 12.4 Å². The van der Waals surface area contributed by atoms with E-state index in [0.717, 1.165) is 18.7 Å². The molecule has 3 rings (SSSR count). The fourth-order valence-electron chi connectivity index (χ4n) is 2.47. The Kier molecular flexibility index (Phi) is 3.56. The molecule has 0 bridgehead atoms. The monoisotopic (exact) mass is 282 g/mol. The fourth-order valence-corrected chi connectivity index (χ4v) is 2.47. The SMILES string of the molecule is CC(C)NC(=O)c1cnc(N2CCc3ccccc32)nc1. The molecule has 0 radical (unpaired) electrons. The molecule has 1 aliphatic heterocycles. The number of hydrogen-bond acceptors (Lipinski definition) is 4. The molecule has 2 heterocycles. The Morgan fingerprint density at radius 1 is 1.24 bits per heavy atom. The second-order valence-corrected chi connectivity index (χ2v) is 5.43. The van der Waals surface area contributed by atoms with Crippen LogP contribution < -0.4 is 10.2 Å². The number of para-hydroxylation sites is 1. The highest BCUT2D eigenvalue weighted by molar-refractivity contribution is 5.93. The van der Waals surface area contributed by atoms with Crippen molar-refractivity contribution >= 4 is 17.5 Å². The lowest BCUT2D eigenvalue weighted by atomic mass is 10.2. The molecule has 1 N–H and O–H groups in total. The lowest BCUT2D eigenvalue weighted by molar-refractivity contribution is 0.0942. The molecular weight excluding hydrogens is 264 g/mol. The van der Waals surface area contributed by atoms with Crippen molar-refractivity contribution in [3.05, 3.63) is 47.8 Å². The van der Waals surface area contributed by atoms with Gasteiger partial charge in [-0.2, -0.15) is 0 Å². The smallest absolute Gasteiger partial charge is 0.254 e. The lowest BCUT2D eigenvalue weighted by Gasteiger charge is -2.17. The molecule has 0 atom stereocenters. The van der Waals surface area contributed by atoms with Gasteiger partial charge in [0.15, 0.2) is 0 Å². The zero-order valence-electron chi connectivity index (χ0n) is 12.2. The van der Waals surface area contributed by atoms with Gasteiger partial charge in [-0.25, -0.2) is 9.97 Å². The third-order valence-electron chi connectivity index (χ3n) is 3.45. The van der Waals surface area contributed by atoms with Crippen molar-refractivity contribution in [2.45, 2.75) is 26.3 Å². The lowest BCUT2D eigenvalue weighted by Crippen LogP contribution is -2.30. The minimum atomic E-state index is -0.140. The molecule has 1 aliphatic rings. The highest BCUT2D eigenvalue weighted by Gasteiger charge is 2.21. The summed E-state index contributed by atoms with van der Waals surface area (Å²) in [5.74, 6) is 0.499. The van der Waals surface area contributed by atoms with Gasteiger partial charge in [-0.15, -0.1) is 0 Å². The Morgan fingerprint density at radius 3 is 2.67 bits per heavy atom. The minimum Gasteiger partial charge on any atom is -0.350 e. The summed E-state index contributed by atoms with van der Waals surface area (Å²) in [6.07, 6.45) is 4.16. The molecule has 1 aromatic carbocycles. The van der Waals surface area contributed by atoms with Crippen molar-refractivity contribution in [3.8, 4) is 0 Å². The van der Waals surface area contributed by atoms with E-state index >= 15 is 0 Å². The molecule has 5 heteroatoms. The van der Waals surface area contributed by atoms with Crippen molar-refractivity contribution in [1.29, 1.82) is 0 Å². The molecule has 0 aliphatic carbocycles. The van der Waals surface area contributed by atoms with Crippen LogP contribution >= 0.6 is 0 Å². The van der Waals surface area contributed by atoms with Crippen molar-refractivity contribution in [3.63, 3.8) is 0 Å². The molecule has 1 aromatic heterocycles. The predicted octanol–water partition coefficient (Wildman–Crippen LogP) is 2.31. The van der Waals surface area contributed by atoms with E-state index in [1.165, 1.54) is 5.56 Å². The number of amides is 1. The fraction of sp³-hybridized carbons (Fsp3) is 0.312. The summed E-state index contributed by atoms with van der Waals surface area (Å²) in [6.45, 7) is 4.72. The molecule has 0 unspecified atom stereocenters. The van der Waals surface area contributed by atoms with E-state index < -0.39 is 0 Å². The zero-order chi connectivity index (χ0) is 14.8. The van der Waals surface area contributed by atoms with Crippen LogP contribution in [0.4, 0.5) is 11.6 Å². The van der Waals surface area contributed by atoms with E-state index in [4.69, 9.17) is 0 Å². The second kappa shape index (κ2) is 5.52. The number of benzene rings is 1. The summed E-state index contributed by atoms with van der Waals surface area (Å²) >= 11 is 0. The number of fused-ring (bicyclic) bond motifs is 1. The number of nitrogens with one attached hydrogen (secondary N) is 1. The summed E-state index contributed by atoms with van der Waals surface area (Å²) in [7, 11) is 0. The van der Waals surface area contributed by atoms with Crippen LogP contribution in [0.25, 0.3) is 0 Å². The van der Waals surface area contributed by atoms with Gasteiger partial charge in [0.25, 0.3) is 5.91 Å². The van der Waals surface area contributed by atoms with Gasteiger partial charge in [0, 0.05) is 30.7 Å². The van der Waals surface area contributed by atoms with Crippen LogP contribution in [0.5, 0.6) is 0 Å². The number of hydrogen-bond donors (Lipinski definition) is 1. The summed E-state index contributed by atoms with van der Waals surface area (Å²) in [5, 5.41) is 2.83. The summed E-state index contributed by atoms with van der Waals surface area (Å²) in [6, 6.07) is 8.36. The van der Waals surface area contributed by atoms with E-state index in [2.05, 4.69) is 32.3 Å². The first kappa shape index (κ1) is 13.5. The molecule has 2 aromatic rings. The van der Waals surface area contributed by atoms with E-state index in [-0.39, 0.29) is 11.9 Å². The van der Waals surface area contributed by atoms with Crippen molar-refractivity contribution in [2.24, 2.45) is 0 Å². The number of nitrogens with zero attached hydrogens (tertiary/aromatic N) is 3. The molecular formula is C16H18N4O. The Bertz CT molecular complexity index is 652. The average molecular weight is 282 g/mol. The normalized spacial score (nSPS) is 13.4. The summed E-state index contributed by atoms with van der Waals surface area (Å²) in [5.41, 5.74) is 2.94. The number of anilines is 2. The maximum absolute atomic E-state index is 11.9. The second-order valence-electron chi connectivity index (χ2n) is 5.43. The van der Waals surface area contributed by atoms with Crippen molar-refractivity contribution < 1.29 is 4.79 Å². The van der Waals surface area contributed by atoms with Crippen LogP contribution in [0.2, 0.25) is 0 Å². The standard InChI is InChI=1S/C16H18N4O/c1-11(2)19-15(21)13-9-17-16(18-10-13)20-8-7-12-5-3-4-6-14(12)20/h3-6,9-11H,7-8H2,1-2H3,(H,19,21). The van der Waals surface area contributed by atoms with Gasteiger partial charge < -0.3 is 10.2 Å². The number of carbonyl (C=O) groups is 1. The average Bonchev–Trinajstić information content (AvgIpc) is 2.90. The molecule has 0 saturated carbocycles. The highest BCUT2D eigenvalue weighted by Crippen LogP contribution is 2.31. The molecule has 21 heavy (non-hydrogen) atoms. The third-order valence-corrected chi connectivity index (χ3v) is 3.45. The van der Waals surface area contributed by atoms with Crippen LogP contribution in [0.3, 0.4) is 0 Å². The van der Waals surface area contributed by atoms with E-state index in [9.17, 15) is 4.79 Å². The van der Waals surface area contributed by atoms with E-state index in [0.29, 0.717) is 11.5 Å². The molecule has 0 saturated heterocycles. The van der Waals surface area contributed by atoms with E-state index in [1.807, 2.05) is 26.0 Å². The minimum absolute atomic E-state index is 0.0997. The van der Waals surface area contributed by atoms with Gasteiger partial charge in [0.2, 0.25) is 5.95 Å². The summed E-state index contributed by atoms with van der Waals surface area (Å²) in [4.78, 5) is 22.6.